The minimum Gasteiger partial charge on any atom is -0.484 e. The average molecular weight is 445 g/mol. The number of rotatable bonds is 8. The van der Waals surface area contributed by atoms with Gasteiger partial charge in [-0.25, -0.2) is 0 Å². The molecular weight excluding hydrogens is 412 g/mol. The number of nitrogens with one attached hydrogen (secondary N) is 1. The van der Waals surface area contributed by atoms with E-state index in [9.17, 15) is 9.59 Å². The van der Waals surface area contributed by atoms with E-state index < -0.39 is 6.04 Å². The van der Waals surface area contributed by atoms with E-state index in [0.717, 1.165) is 16.7 Å². The second-order valence-electron chi connectivity index (χ2n) is 8.90. The predicted molar refractivity (Wildman–Crippen MR) is 126 cm³/mol. The molecule has 0 spiro atoms. The van der Waals surface area contributed by atoms with Gasteiger partial charge >= 0.3 is 0 Å². The van der Waals surface area contributed by atoms with Crippen LogP contribution in [0.3, 0.4) is 0 Å². The van der Waals surface area contributed by atoms with Gasteiger partial charge in [0.05, 0.1) is 0 Å². The Balaban J connectivity index is 2.13. The molecule has 0 heterocycles. The van der Waals surface area contributed by atoms with E-state index in [1.54, 1.807) is 11.8 Å². The lowest BCUT2D eigenvalue weighted by molar-refractivity contribution is -0.142. The summed E-state index contributed by atoms with van der Waals surface area (Å²) in [6.07, 6.45) is 0.652. The van der Waals surface area contributed by atoms with Crippen LogP contribution in [0.4, 0.5) is 0 Å². The highest BCUT2D eigenvalue weighted by Crippen LogP contribution is 2.26. The Bertz CT molecular complexity index is 884. The monoisotopic (exact) mass is 444 g/mol. The summed E-state index contributed by atoms with van der Waals surface area (Å²) in [6.45, 7) is 11.6. The molecule has 5 nitrogen and oxygen atoms in total. The number of hydrogen-bond donors (Lipinski definition) is 1. The van der Waals surface area contributed by atoms with Crippen molar-refractivity contribution in [2.75, 3.05) is 13.2 Å². The molecule has 2 aromatic carbocycles. The molecule has 31 heavy (non-hydrogen) atoms. The molecular formula is C25H33ClN2O3. The zero-order valence-electron chi connectivity index (χ0n) is 19.3. The van der Waals surface area contributed by atoms with Crippen LogP contribution in [-0.2, 0) is 16.0 Å². The van der Waals surface area contributed by atoms with E-state index in [2.05, 4.69) is 5.32 Å². The molecule has 0 saturated heterocycles. The zero-order chi connectivity index (χ0) is 23.2. The first kappa shape index (κ1) is 24.7. The van der Waals surface area contributed by atoms with Gasteiger partial charge < -0.3 is 15.0 Å². The zero-order valence-corrected chi connectivity index (χ0v) is 20.0. The number of aryl methyl sites for hydroxylation is 2. The number of benzene rings is 2. The fourth-order valence-corrected chi connectivity index (χ4v) is 3.37. The highest BCUT2D eigenvalue weighted by atomic mass is 35.5. The fourth-order valence-electron chi connectivity index (χ4n) is 3.26. The lowest BCUT2D eigenvalue weighted by atomic mass is 10.1. The maximum atomic E-state index is 13.1. The van der Waals surface area contributed by atoms with Crippen LogP contribution in [0.2, 0.25) is 5.02 Å². The quantitative estimate of drug-likeness (QED) is 0.641. The van der Waals surface area contributed by atoms with Crippen molar-refractivity contribution in [2.24, 2.45) is 0 Å². The molecule has 1 N–H and O–H groups in total. The topological polar surface area (TPSA) is 58.6 Å². The molecule has 0 aromatic heterocycles. The number of carbonyl (C=O) groups excluding carboxylic acids is 2. The lowest BCUT2D eigenvalue weighted by Crippen LogP contribution is -2.53. The van der Waals surface area contributed by atoms with Crippen molar-refractivity contribution in [2.45, 2.75) is 59.5 Å². The van der Waals surface area contributed by atoms with Gasteiger partial charge in [0.2, 0.25) is 5.91 Å². The second kappa shape index (κ2) is 10.7. The third-order valence-corrected chi connectivity index (χ3v) is 5.52. The van der Waals surface area contributed by atoms with E-state index in [0.29, 0.717) is 23.7 Å². The van der Waals surface area contributed by atoms with Gasteiger partial charge in [0, 0.05) is 17.1 Å². The van der Waals surface area contributed by atoms with Crippen molar-refractivity contribution in [1.82, 2.24) is 10.2 Å². The highest BCUT2D eigenvalue weighted by molar-refractivity contribution is 6.32. The highest BCUT2D eigenvalue weighted by Gasteiger charge is 2.28. The summed E-state index contributed by atoms with van der Waals surface area (Å²) in [6, 6.07) is 12.9. The smallest absolute Gasteiger partial charge is 0.261 e. The summed E-state index contributed by atoms with van der Waals surface area (Å²) in [7, 11) is 0. The number of amides is 2. The van der Waals surface area contributed by atoms with Crippen molar-refractivity contribution in [3.05, 3.63) is 64.2 Å². The predicted octanol–water partition coefficient (Wildman–Crippen LogP) is 4.71. The van der Waals surface area contributed by atoms with Crippen LogP contribution in [-0.4, -0.2) is 41.4 Å². The van der Waals surface area contributed by atoms with Crippen LogP contribution in [0.15, 0.2) is 42.5 Å². The average Bonchev–Trinajstić information content (AvgIpc) is 2.69. The van der Waals surface area contributed by atoms with Crippen molar-refractivity contribution >= 4 is 23.4 Å². The van der Waals surface area contributed by atoms with Gasteiger partial charge in [-0.15, -0.1) is 0 Å². The molecule has 2 amide bonds. The number of hydrogen-bond acceptors (Lipinski definition) is 3. The largest absolute Gasteiger partial charge is 0.484 e. The van der Waals surface area contributed by atoms with Crippen molar-refractivity contribution in [3.8, 4) is 5.75 Å². The van der Waals surface area contributed by atoms with Crippen LogP contribution in [0.1, 0.15) is 44.4 Å². The maximum absolute atomic E-state index is 13.1. The van der Waals surface area contributed by atoms with Gasteiger partial charge in [-0.3, -0.25) is 9.59 Å². The first-order valence-corrected chi connectivity index (χ1v) is 10.9. The third kappa shape index (κ3) is 7.59. The van der Waals surface area contributed by atoms with Crippen LogP contribution in [0, 0.1) is 13.8 Å². The Morgan fingerprint density at radius 3 is 2.23 bits per heavy atom. The maximum Gasteiger partial charge on any atom is 0.261 e. The molecule has 0 radical (unpaired) electrons. The fraction of sp³-hybridized carbons (Fsp3) is 0.440. The number of carbonyl (C=O) groups is 2. The van der Waals surface area contributed by atoms with Gasteiger partial charge in [0.15, 0.2) is 6.61 Å². The number of ether oxygens (including phenoxy) is 1. The first-order valence-electron chi connectivity index (χ1n) is 10.5. The molecule has 168 valence electrons. The van der Waals surface area contributed by atoms with E-state index in [1.807, 2.05) is 77.1 Å². The van der Waals surface area contributed by atoms with Gasteiger partial charge in [0.25, 0.3) is 5.91 Å². The van der Waals surface area contributed by atoms with E-state index in [4.69, 9.17) is 16.3 Å². The van der Waals surface area contributed by atoms with Gasteiger partial charge in [0.1, 0.15) is 11.8 Å². The molecule has 2 aromatic rings. The minimum atomic E-state index is -0.618. The molecule has 6 heteroatoms. The number of nitrogens with zero attached hydrogens (tertiary/aromatic N) is 1. The van der Waals surface area contributed by atoms with Crippen LogP contribution >= 0.6 is 11.6 Å². The molecule has 1 atom stereocenters. The van der Waals surface area contributed by atoms with Crippen LogP contribution < -0.4 is 10.1 Å². The number of halogens is 1. The van der Waals surface area contributed by atoms with Crippen LogP contribution in [0.25, 0.3) is 0 Å². The van der Waals surface area contributed by atoms with Gasteiger partial charge in [-0.1, -0.05) is 41.9 Å². The summed E-state index contributed by atoms with van der Waals surface area (Å²) >= 11 is 6.22. The van der Waals surface area contributed by atoms with Crippen molar-refractivity contribution in [1.29, 1.82) is 0 Å². The molecule has 0 unspecified atom stereocenters. The second-order valence-corrected chi connectivity index (χ2v) is 9.28. The molecule has 0 aliphatic carbocycles. The Kier molecular flexibility index (Phi) is 8.52. The third-order valence-electron chi connectivity index (χ3n) is 4.92. The van der Waals surface area contributed by atoms with Crippen molar-refractivity contribution in [3.63, 3.8) is 0 Å². The van der Waals surface area contributed by atoms with E-state index >= 15 is 0 Å². The molecule has 2 rings (SSSR count). The summed E-state index contributed by atoms with van der Waals surface area (Å²) < 4.78 is 5.77. The summed E-state index contributed by atoms with van der Waals surface area (Å²) in [4.78, 5) is 27.4. The minimum absolute atomic E-state index is 0.150. The molecule has 0 bridgehead atoms. The van der Waals surface area contributed by atoms with Crippen molar-refractivity contribution < 1.29 is 14.3 Å². The normalized spacial score (nSPS) is 12.2. The van der Waals surface area contributed by atoms with Gasteiger partial charge in [-0.2, -0.15) is 0 Å². The first-order chi connectivity index (χ1) is 14.5. The summed E-state index contributed by atoms with van der Waals surface area (Å²) in [5.74, 6) is 0.160. The van der Waals surface area contributed by atoms with E-state index in [-0.39, 0.29) is 24.0 Å². The Labute approximate surface area is 190 Å². The Morgan fingerprint density at radius 1 is 1.10 bits per heavy atom. The molecule has 0 aliphatic heterocycles. The van der Waals surface area contributed by atoms with E-state index in [1.165, 1.54) is 0 Å². The molecule has 0 aliphatic rings. The summed E-state index contributed by atoms with van der Waals surface area (Å²) in [5.41, 5.74) is 2.51. The SMILES string of the molecule is Cc1cc(OCC(=O)N(CCc2ccccc2)[C@@H](C)C(=O)NC(C)(C)C)cc(C)c1Cl. The Hall–Kier alpha value is -2.53. The van der Waals surface area contributed by atoms with Gasteiger partial charge in [-0.05, 0) is 76.8 Å². The lowest BCUT2D eigenvalue weighted by Gasteiger charge is -2.31. The molecule has 0 saturated carbocycles. The molecule has 0 fully saturated rings. The standard InChI is InChI=1S/C25H33ClN2O3/c1-17-14-21(15-18(2)23(17)26)31-16-22(29)28(13-12-20-10-8-7-9-11-20)19(3)24(30)27-25(4,5)6/h7-11,14-15,19H,12-13,16H2,1-6H3,(H,27,30)/t19-/m0/s1. The Morgan fingerprint density at radius 2 is 1.68 bits per heavy atom. The summed E-state index contributed by atoms with van der Waals surface area (Å²) in [5, 5.41) is 3.65. The van der Waals surface area contributed by atoms with Crippen LogP contribution in [0.5, 0.6) is 5.75 Å².